The number of aromatic nitrogens is 2. The minimum atomic E-state index is -4.38. The highest BCUT2D eigenvalue weighted by Crippen LogP contribution is 2.29. The maximum Gasteiger partial charge on any atom is 0.416 e. The predicted octanol–water partition coefficient (Wildman–Crippen LogP) is 2.78. The number of hydrogen-bond donors (Lipinski definition) is 0. The van der Waals surface area contributed by atoms with E-state index in [2.05, 4.69) is 10.2 Å². The van der Waals surface area contributed by atoms with Crippen molar-refractivity contribution < 1.29 is 22.7 Å². The van der Waals surface area contributed by atoms with Crippen molar-refractivity contribution in [2.24, 2.45) is 0 Å². The monoisotopic (exact) mass is 394 g/mol. The molecule has 1 unspecified atom stereocenters. The summed E-state index contributed by atoms with van der Waals surface area (Å²) in [5.41, 5.74) is -0.174. The molecule has 0 radical (unpaired) electrons. The van der Waals surface area contributed by atoms with Gasteiger partial charge in [-0.15, -0.1) is 10.2 Å². The van der Waals surface area contributed by atoms with Crippen LogP contribution >= 0.6 is 0 Å². The van der Waals surface area contributed by atoms with Gasteiger partial charge in [-0.25, -0.2) is 0 Å². The van der Waals surface area contributed by atoms with E-state index in [4.69, 9.17) is 4.74 Å². The van der Waals surface area contributed by atoms with E-state index in [0.29, 0.717) is 36.8 Å². The lowest BCUT2D eigenvalue weighted by molar-refractivity contribution is -0.137. The van der Waals surface area contributed by atoms with Gasteiger partial charge in [-0.2, -0.15) is 13.2 Å². The van der Waals surface area contributed by atoms with Crippen LogP contribution in [0.15, 0.2) is 36.4 Å². The molecule has 1 atom stereocenters. The van der Waals surface area contributed by atoms with E-state index in [1.807, 2.05) is 19.0 Å². The van der Waals surface area contributed by atoms with Crippen molar-refractivity contribution in [1.82, 2.24) is 15.1 Å². The number of amides is 1. The molecule has 1 aliphatic rings. The summed E-state index contributed by atoms with van der Waals surface area (Å²) >= 11 is 0. The third-order valence-electron chi connectivity index (χ3n) is 4.51. The van der Waals surface area contributed by atoms with Crippen molar-refractivity contribution in [2.75, 3.05) is 32.1 Å². The van der Waals surface area contributed by atoms with Gasteiger partial charge < -0.3 is 14.5 Å². The number of nitrogens with zero attached hydrogens (tertiary/aromatic N) is 4. The number of halogens is 3. The summed E-state index contributed by atoms with van der Waals surface area (Å²) in [7, 11) is 3.73. The highest BCUT2D eigenvalue weighted by Gasteiger charge is 2.31. The van der Waals surface area contributed by atoms with Crippen molar-refractivity contribution in [3.8, 4) is 5.88 Å². The Kier molecular flexibility index (Phi) is 5.71. The van der Waals surface area contributed by atoms with Gasteiger partial charge in [0.25, 0.3) is 0 Å². The standard InChI is InChI=1S/C19H21F3N4O2/c1-25(2)16-7-8-17(24-23-16)28-15-9-10-26(12-15)18(27)11-13-3-5-14(6-4-13)19(20,21)22/h3-8,15H,9-12H2,1-2H3. The molecule has 1 aromatic carbocycles. The van der Waals surface area contributed by atoms with Crippen LogP contribution in [0.5, 0.6) is 5.88 Å². The number of carbonyl (C=O) groups excluding carboxylic acids is 1. The zero-order valence-corrected chi connectivity index (χ0v) is 15.6. The van der Waals surface area contributed by atoms with Crippen LogP contribution in [-0.2, 0) is 17.4 Å². The highest BCUT2D eigenvalue weighted by molar-refractivity contribution is 5.79. The molecule has 1 amide bonds. The van der Waals surface area contributed by atoms with Gasteiger partial charge in [0, 0.05) is 33.1 Å². The van der Waals surface area contributed by atoms with Crippen LogP contribution in [-0.4, -0.2) is 54.3 Å². The number of benzene rings is 1. The molecule has 2 aromatic rings. The Morgan fingerprint density at radius 2 is 1.89 bits per heavy atom. The normalized spacial score (nSPS) is 16.9. The molecule has 150 valence electrons. The van der Waals surface area contributed by atoms with Gasteiger partial charge in [0.15, 0.2) is 5.82 Å². The molecule has 1 aromatic heterocycles. The molecule has 2 heterocycles. The number of anilines is 1. The summed E-state index contributed by atoms with van der Waals surface area (Å²) < 4.78 is 43.6. The highest BCUT2D eigenvalue weighted by atomic mass is 19.4. The Bertz CT molecular complexity index is 807. The zero-order valence-electron chi connectivity index (χ0n) is 15.6. The van der Waals surface area contributed by atoms with E-state index in [9.17, 15) is 18.0 Å². The van der Waals surface area contributed by atoms with E-state index in [0.717, 1.165) is 12.1 Å². The Hall–Kier alpha value is -2.84. The van der Waals surface area contributed by atoms with Crippen LogP contribution in [0.1, 0.15) is 17.5 Å². The summed E-state index contributed by atoms with van der Waals surface area (Å²) in [5, 5.41) is 8.06. The summed E-state index contributed by atoms with van der Waals surface area (Å²) in [5.74, 6) is 0.972. The van der Waals surface area contributed by atoms with Crippen LogP contribution < -0.4 is 9.64 Å². The summed E-state index contributed by atoms with van der Waals surface area (Å²) in [4.78, 5) is 15.9. The molecule has 28 heavy (non-hydrogen) atoms. The molecule has 1 saturated heterocycles. The Morgan fingerprint density at radius 3 is 2.46 bits per heavy atom. The second-order valence-corrected chi connectivity index (χ2v) is 6.86. The van der Waals surface area contributed by atoms with Crippen molar-refractivity contribution in [3.05, 3.63) is 47.5 Å². The lowest BCUT2D eigenvalue weighted by atomic mass is 10.1. The maximum atomic E-state index is 12.6. The maximum absolute atomic E-state index is 12.6. The van der Waals surface area contributed by atoms with Gasteiger partial charge in [0.1, 0.15) is 6.10 Å². The number of alkyl halides is 3. The molecule has 0 N–H and O–H groups in total. The first-order chi connectivity index (χ1) is 13.2. The number of carbonyl (C=O) groups is 1. The van der Waals surface area contributed by atoms with Gasteiger partial charge in [0.2, 0.25) is 11.8 Å². The van der Waals surface area contributed by atoms with Gasteiger partial charge in [-0.1, -0.05) is 12.1 Å². The van der Waals surface area contributed by atoms with Crippen LogP contribution in [0, 0.1) is 0 Å². The smallest absolute Gasteiger partial charge is 0.416 e. The first-order valence-electron chi connectivity index (χ1n) is 8.84. The van der Waals surface area contributed by atoms with Gasteiger partial charge in [0.05, 0.1) is 18.5 Å². The van der Waals surface area contributed by atoms with Crippen molar-refractivity contribution in [1.29, 1.82) is 0 Å². The van der Waals surface area contributed by atoms with Crippen LogP contribution in [0.4, 0.5) is 19.0 Å². The van der Waals surface area contributed by atoms with Gasteiger partial charge in [-0.3, -0.25) is 4.79 Å². The summed E-state index contributed by atoms with van der Waals surface area (Å²) in [6, 6.07) is 8.20. The number of ether oxygens (including phenoxy) is 1. The van der Waals surface area contributed by atoms with Crippen molar-refractivity contribution >= 4 is 11.7 Å². The quantitative estimate of drug-likeness (QED) is 0.781. The Morgan fingerprint density at radius 1 is 1.18 bits per heavy atom. The summed E-state index contributed by atoms with van der Waals surface area (Å²) in [6.07, 6.45) is -3.84. The minimum Gasteiger partial charge on any atom is -0.471 e. The van der Waals surface area contributed by atoms with Crippen molar-refractivity contribution in [3.63, 3.8) is 0 Å². The van der Waals surface area contributed by atoms with E-state index in [1.54, 1.807) is 17.0 Å². The van der Waals surface area contributed by atoms with Crippen LogP contribution in [0.3, 0.4) is 0 Å². The molecule has 0 spiro atoms. The lowest BCUT2D eigenvalue weighted by Crippen LogP contribution is -2.32. The molecule has 1 aliphatic heterocycles. The van der Waals surface area contributed by atoms with E-state index in [1.165, 1.54) is 12.1 Å². The van der Waals surface area contributed by atoms with Crippen LogP contribution in [0.25, 0.3) is 0 Å². The third kappa shape index (κ3) is 4.90. The second-order valence-electron chi connectivity index (χ2n) is 6.86. The molecule has 1 fully saturated rings. The molecular weight excluding hydrogens is 373 g/mol. The Balaban J connectivity index is 1.52. The number of hydrogen-bond acceptors (Lipinski definition) is 5. The van der Waals surface area contributed by atoms with Gasteiger partial charge in [-0.05, 0) is 23.8 Å². The van der Waals surface area contributed by atoms with E-state index in [-0.39, 0.29) is 18.4 Å². The molecule has 9 heteroatoms. The topological polar surface area (TPSA) is 58.6 Å². The fourth-order valence-electron chi connectivity index (χ4n) is 2.93. The fraction of sp³-hybridized carbons (Fsp3) is 0.421. The number of likely N-dealkylation sites (tertiary alicyclic amines) is 1. The third-order valence-corrected chi connectivity index (χ3v) is 4.51. The first kappa shape index (κ1) is 19.9. The minimum absolute atomic E-state index is 0.0577. The molecular formula is C19H21F3N4O2. The lowest BCUT2D eigenvalue weighted by Gasteiger charge is -2.17. The molecule has 0 saturated carbocycles. The molecule has 6 nitrogen and oxygen atoms in total. The molecule has 3 rings (SSSR count). The van der Waals surface area contributed by atoms with Crippen molar-refractivity contribution in [2.45, 2.75) is 25.1 Å². The fourth-order valence-corrected chi connectivity index (χ4v) is 2.93. The van der Waals surface area contributed by atoms with Crippen LogP contribution in [0.2, 0.25) is 0 Å². The average molecular weight is 394 g/mol. The van der Waals surface area contributed by atoms with E-state index >= 15 is 0 Å². The zero-order chi connectivity index (χ0) is 20.3. The number of rotatable bonds is 5. The van der Waals surface area contributed by atoms with Gasteiger partial charge >= 0.3 is 6.18 Å². The average Bonchev–Trinajstić information content (AvgIpc) is 3.10. The largest absolute Gasteiger partial charge is 0.471 e. The second kappa shape index (κ2) is 8.04. The molecule has 0 bridgehead atoms. The summed E-state index contributed by atoms with van der Waals surface area (Å²) in [6.45, 7) is 0.948. The Labute approximate surface area is 160 Å². The van der Waals surface area contributed by atoms with E-state index < -0.39 is 11.7 Å². The SMILES string of the molecule is CN(C)c1ccc(OC2CCN(C(=O)Cc3ccc(C(F)(F)F)cc3)C2)nn1. The predicted molar refractivity (Wildman–Crippen MR) is 97.1 cm³/mol. The molecule has 0 aliphatic carbocycles. The first-order valence-corrected chi connectivity index (χ1v) is 8.84.